The Balaban J connectivity index is 1.27. The molecule has 0 radical (unpaired) electrons. The summed E-state index contributed by atoms with van der Waals surface area (Å²) in [5, 5.41) is 7.42. The molecule has 0 atom stereocenters. The average Bonchev–Trinajstić information content (AvgIpc) is 3.54. The van der Waals surface area contributed by atoms with Gasteiger partial charge in [-0.3, -0.25) is 0 Å². The molecule has 0 fully saturated rings. The molecule has 1 aliphatic carbocycles. The molecule has 180 valence electrons. The fraction of sp³-hybridized carbons (Fsp3) is 0. The van der Waals surface area contributed by atoms with Crippen molar-refractivity contribution in [2.24, 2.45) is 0 Å². The third-order valence-corrected chi connectivity index (χ3v) is 8.44. The lowest BCUT2D eigenvalue weighted by Gasteiger charge is -2.10. The monoisotopic (exact) mass is 494 g/mol. The number of rotatable bonds is 2. The Kier molecular flexibility index (Phi) is 4.11. The number of benzene rings is 7. The molecule has 0 amide bonds. The number of para-hydroxylation sites is 1. The van der Waals surface area contributed by atoms with Gasteiger partial charge < -0.3 is 4.42 Å². The fourth-order valence-electron chi connectivity index (χ4n) is 6.70. The van der Waals surface area contributed by atoms with Crippen molar-refractivity contribution in [3.8, 4) is 44.5 Å². The second-order valence-electron chi connectivity index (χ2n) is 10.5. The van der Waals surface area contributed by atoms with Crippen LogP contribution in [0.2, 0.25) is 0 Å². The van der Waals surface area contributed by atoms with E-state index >= 15 is 0 Å². The van der Waals surface area contributed by atoms with Crippen LogP contribution < -0.4 is 0 Å². The third kappa shape index (κ3) is 2.85. The molecular weight excluding hydrogens is 472 g/mol. The molecule has 1 heterocycles. The predicted molar refractivity (Wildman–Crippen MR) is 164 cm³/mol. The van der Waals surface area contributed by atoms with Crippen LogP contribution in [-0.2, 0) is 0 Å². The standard InChI is InChI=1S/C38H22O/c1-2-10-25-23(8-1)9-5-13-27(25)33-16-7-17-34-35-22-24(18-21-36(35)39-38(33)34)26-19-20-32-29-12-4-3-11-28(29)31-15-6-14-30(26)37(31)32/h1-22H. The van der Waals surface area contributed by atoms with Gasteiger partial charge in [-0.25, -0.2) is 0 Å². The van der Waals surface area contributed by atoms with E-state index in [1.807, 2.05) is 0 Å². The van der Waals surface area contributed by atoms with Gasteiger partial charge in [0.05, 0.1) is 0 Å². The maximum atomic E-state index is 6.56. The molecule has 1 aromatic heterocycles. The minimum absolute atomic E-state index is 0.916. The van der Waals surface area contributed by atoms with Gasteiger partial charge in [-0.2, -0.15) is 0 Å². The highest BCUT2D eigenvalue weighted by Crippen LogP contribution is 2.49. The van der Waals surface area contributed by atoms with E-state index < -0.39 is 0 Å². The molecule has 0 N–H and O–H groups in total. The third-order valence-electron chi connectivity index (χ3n) is 8.44. The van der Waals surface area contributed by atoms with Crippen molar-refractivity contribution in [2.45, 2.75) is 0 Å². The van der Waals surface area contributed by atoms with Crippen molar-refractivity contribution in [1.29, 1.82) is 0 Å². The van der Waals surface area contributed by atoms with E-state index in [9.17, 15) is 0 Å². The first-order valence-corrected chi connectivity index (χ1v) is 13.4. The number of furan rings is 1. The van der Waals surface area contributed by atoms with E-state index in [4.69, 9.17) is 4.42 Å². The molecule has 1 heteroatoms. The molecule has 8 aromatic rings. The summed E-state index contributed by atoms with van der Waals surface area (Å²) >= 11 is 0. The Hall–Kier alpha value is -5.14. The van der Waals surface area contributed by atoms with E-state index in [-0.39, 0.29) is 0 Å². The van der Waals surface area contributed by atoms with Crippen LogP contribution in [0.25, 0.3) is 88.0 Å². The average molecular weight is 495 g/mol. The summed E-state index contributed by atoms with van der Waals surface area (Å²) in [7, 11) is 0. The Morgan fingerprint density at radius 3 is 1.87 bits per heavy atom. The normalized spacial score (nSPS) is 12.1. The summed E-state index contributed by atoms with van der Waals surface area (Å²) in [5.41, 5.74) is 12.0. The Labute approximate surface area is 225 Å². The van der Waals surface area contributed by atoms with E-state index in [0.717, 1.165) is 27.5 Å². The summed E-state index contributed by atoms with van der Waals surface area (Å²) in [6.07, 6.45) is 0. The van der Waals surface area contributed by atoms with E-state index in [1.165, 1.54) is 60.5 Å². The van der Waals surface area contributed by atoms with Gasteiger partial charge in [0.15, 0.2) is 0 Å². The summed E-state index contributed by atoms with van der Waals surface area (Å²) < 4.78 is 6.56. The number of hydrogen-bond acceptors (Lipinski definition) is 1. The maximum absolute atomic E-state index is 6.56. The predicted octanol–water partition coefficient (Wildman–Crippen LogP) is 10.9. The molecule has 0 spiro atoms. The lowest BCUT2D eigenvalue weighted by Crippen LogP contribution is -1.83. The fourth-order valence-corrected chi connectivity index (χ4v) is 6.70. The second kappa shape index (κ2) is 7.69. The highest BCUT2D eigenvalue weighted by atomic mass is 16.3. The molecule has 7 aromatic carbocycles. The smallest absolute Gasteiger partial charge is 0.143 e. The number of hydrogen-bond donors (Lipinski definition) is 0. The van der Waals surface area contributed by atoms with Gasteiger partial charge in [-0.15, -0.1) is 0 Å². The maximum Gasteiger partial charge on any atom is 0.143 e. The molecule has 1 nitrogen and oxygen atoms in total. The van der Waals surface area contributed by atoms with Crippen molar-refractivity contribution in [2.75, 3.05) is 0 Å². The zero-order valence-corrected chi connectivity index (χ0v) is 21.1. The topological polar surface area (TPSA) is 13.1 Å². The van der Waals surface area contributed by atoms with Crippen molar-refractivity contribution in [3.05, 3.63) is 133 Å². The molecule has 39 heavy (non-hydrogen) atoms. The zero-order valence-electron chi connectivity index (χ0n) is 21.1. The summed E-state index contributed by atoms with van der Waals surface area (Å²) in [5.74, 6) is 0. The molecule has 0 saturated heterocycles. The molecule has 0 aliphatic heterocycles. The Morgan fingerprint density at radius 1 is 0.359 bits per heavy atom. The van der Waals surface area contributed by atoms with Gasteiger partial charge in [0.1, 0.15) is 11.2 Å². The van der Waals surface area contributed by atoms with Gasteiger partial charge in [-0.05, 0) is 72.6 Å². The van der Waals surface area contributed by atoms with Crippen LogP contribution in [0.15, 0.2) is 138 Å². The van der Waals surface area contributed by atoms with E-state index in [1.54, 1.807) is 0 Å². The van der Waals surface area contributed by atoms with Crippen LogP contribution in [0.3, 0.4) is 0 Å². The van der Waals surface area contributed by atoms with Crippen molar-refractivity contribution >= 4 is 43.5 Å². The minimum atomic E-state index is 0.916. The van der Waals surface area contributed by atoms with Crippen molar-refractivity contribution < 1.29 is 4.42 Å². The minimum Gasteiger partial charge on any atom is -0.455 e. The van der Waals surface area contributed by atoms with Gasteiger partial charge in [0.25, 0.3) is 0 Å². The molecule has 0 saturated carbocycles. The lowest BCUT2D eigenvalue weighted by molar-refractivity contribution is 0.670. The highest BCUT2D eigenvalue weighted by molar-refractivity contribution is 6.19. The van der Waals surface area contributed by atoms with Crippen LogP contribution in [0.4, 0.5) is 0 Å². The second-order valence-corrected chi connectivity index (χ2v) is 10.5. The van der Waals surface area contributed by atoms with Crippen LogP contribution in [0.1, 0.15) is 0 Å². The molecule has 1 aliphatic rings. The first-order valence-electron chi connectivity index (χ1n) is 13.4. The zero-order chi connectivity index (χ0) is 25.5. The first-order chi connectivity index (χ1) is 19.3. The highest BCUT2D eigenvalue weighted by Gasteiger charge is 2.22. The van der Waals surface area contributed by atoms with Crippen LogP contribution in [0, 0.1) is 0 Å². The van der Waals surface area contributed by atoms with Gasteiger partial charge in [0.2, 0.25) is 0 Å². The van der Waals surface area contributed by atoms with E-state index in [2.05, 4.69) is 133 Å². The Bertz CT molecular complexity index is 2250. The molecule has 0 bridgehead atoms. The SMILES string of the molecule is c1ccc2c(c1)-c1cccc3c(-c4ccc5oc6c(-c7cccc8ccccc78)cccc6c5c4)ccc-2c13. The largest absolute Gasteiger partial charge is 0.455 e. The van der Waals surface area contributed by atoms with E-state index in [0.29, 0.717) is 0 Å². The summed E-state index contributed by atoms with van der Waals surface area (Å²) in [4.78, 5) is 0. The quantitative estimate of drug-likeness (QED) is 0.233. The van der Waals surface area contributed by atoms with Gasteiger partial charge in [0, 0.05) is 16.3 Å². The molecular formula is C38H22O. The van der Waals surface area contributed by atoms with Gasteiger partial charge in [-0.1, -0.05) is 121 Å². The van der Waals surface area contributed by atoms with Gasteiger partial charge >= 0.3 is 0 Å². The van der Waals surface area contributed by atoms with Crippen molar-refractivity contribution in [3.63, 3.8) is 0 Å². The lowest BCUT2D eigenvalue weighted by atomic mass is 9.93. The number of fused-ring (bicyclic) bond motifs is 7. The van der Waals surface area contributed by atoms with Crippen LogP contribution >= 0.6 is 0 Å². The Morgan fingerprint density at radius 2 is 0.974 bits per heavy atom. The van der Waals surface area contributed by atoms with Crippen molar-refractivity contribution in [1.82, 2.24) is 0 Å². The molecule has 9 rings (SSSR count). The molecule has 0 unspecified atom stereocenters. The summed E-state index contributed by atoms with van der Waals surface area (Å²) in [6, 6.07) is 48.2. The van der Waals surface area contributed by atoms with Crippen LogP contribution in [-0.4, -0.2) is 0 Å². The first kappa shape index (κ1) is 20.9. The van der Waals surface area contributed by atoms with Crippen LogP contribution in [0.5, 0.6) is 0 Å². The summed E-state index contributed by atoms with van der Waals surface area (Å²) in [6.45, 7) is 0.